The van der Waals surface area contributed by atoms with Gasteiger partial charge in [0.2, 0.25) is 0 Å². The molecular weight excluding hydrogens is 334 g/mol. The summed E-state index contributed by atoms with van der Waals surface area (Å²) in [5.41, 5.74) is 2.22. The number of carbonyl (C=O) groups is 1. The summed E-state index contributed by atoms with van der Waals surface area (Å²) in [6.45, 7) is 2.18. The van der Waals surface area contributed by atoms with Crippen LogP contribution < -0.4 is 0 Å². The van der Waals surface area contributed by atoms with E-state index in [-0.39, 0.29) is 5.97 Å². The smallest absolute Gasteiger partial charge is 0.339 e. The number of nitrogens with one attached hydrogen (secondary N) is 1. The SMILES string of the molecule is CCOC(=O)c1c(C2CCCCC2)c(Br)nc2[nH]ncc12. The van der Waals surface area contributed by atoms with E-state index in [0.717, 1.165) is 28.4 Å². The zero-order valence-electron chi connectivity index (χ0n) is 12.0. The molecule has 1 fully saturated rings. The molecule has 1 N–H and O–H groups in total. The number of fused-ring (bicyclic) bond motifs is 1. The van der Waals surface area contributed by atoms with Gasteiger partial charge >= 0.3 is 5.97 Å². The number of halogens is 1. The monoisotopic (exact) mass is 351 g/mol. The molecule has 6 heteroatoms. The molecule has 0 atom stereocenters. The van der Waals surface area contributed by atoms with Crippen LogP contribution in [0.25, 0.3) is 11.0 Å². The Balaban J connectivity index is 2.17. The van der Waals surface area contributed by atoms with Crippen LogP contribution in [0.5, 0.6) is 0 Å². The van der Waals surface area contributed by atoms with Crippen LogP contribution in [-0.2, 0) is 4.74 Å². The standard InChI is InChI=1S/C15H18BrN3O2/c1-2-21-15(20)12-10-8-17-19-14(10)18-13(16)11(12)9-6-4-3-5-7-9/h8-9H,2-7H2,1H3,(H,17,18,19). The molecule has 0 aliphatic heterocycles. The molecule has 0 radical (unpaired) electrons. The van der Waals surface area contributed by atoms with E-state index < -0.39 is 0 Å². The van der Waals surface area contributed by atoms with Gasteiger partial charge in [0.25, 0.3) is 0 Å². The second-order valence-corrected chi connectivity index (χ2v) is 6.13. The van der Waals surface area contributed by atoms with Gasteiger partial charge in [0.1, 0.15) is 4.60 Å². The van der Waals surface area contributed by atoms with Gasteiger partial charge in [-0.1, -0.05) is 19.3 Å². The van der Waals surface area contributed by atoms with E-state index in [1.807, 2.05) is 6.92 Å². The van der Waals surface area contributed by atoms with Crippen LogP contribution in [0.15, 0.2) is 10.8 Å². The predicted molar refractivity (Wildman–Crippen MR) is 83.4 cm³/mol. The van der Waals surface area contributed by atoms with E-state index in [0.29, 0.717) is 23.7 Å². The lowest BCUT2D eigenvalue weighted by molar-refractivity contribution is 0.0526. The molecule has 0 bridgehead atoms. The van der Waals surface area contributed by atoms with Crippen molar-refractivity contribution in [2.24, 2.45) is 0 Å². The van der Waals surface area contributed by atoms with E-state index >= 15 is 0 Å². The second kappa shape index (κ2) is 6.13. The molecule has 2 heterocycles. The van der Waals surface area contributed by atoms with Crippen molar-refractivity contribution in [1.29, 1.82) is 0 Å². The first-order chi connectivity index (χ1) is 10.2. The minimum absolute atomic E-state index is 0.285. The molecule has 2 aromatic rings. The Morgan fingerprint density at radius 1 is 1.43 bits per heavy atom. The first kappa shape index (κ1) is 14.5. The fourth-order valence-electron chi connectivity index (χ4n) is 3.14. The van der Waals surface area contributed by atoms with Crippen molar-refractivity contribution in [2.75, 3.05) is 6.61 Å². The summed E-state index contributed by atoms with van der Waals surface area (Å²) >= 11 is 3.54. The minimum atomic E-state index is -0.285. The maximum atomic E-state index is 12.5. The predicted octanol–water partition coefficient (Wildman–Crippen LogP) is 3.94. The van der Waals surface area contributed by atoms with Crippen molar-refractivity contribution < 1.29 is 9.53 Å². The highest BCUT2D eigenvalue weighted by atomic mass is 79.9. The Hall–Kier alpha value is -1.43. The Morgan fingerprint density at radius 3 is 2.90 bits per heavy atom. The molecule has 0 amide bonds. The number of hydrogen-bond acceptors (Lipinski definition) is 4. The first-order valence-corrected chi connectivity index (χ1v) is 8.21. The summed E-state index contributed by atoms with van der Waals surface area (Å²) in [7, 11) is 0. The second-order valence-electron chi connectivity index (χ2n) is 5.38. The quantitative estimate of drug-likeness (QED) is 0.671. The lowest BCUT2D eigenvalue weighted by Crippen LogP contribution is -2.15. The van der Waals surface area contributed by atoms with Crippen LogP contribution in [0.1, 0.15) is 60.9 Å². The van der Waals surface area contributed by atoms with Crippen molar-refractivity contribution in [1.82, 2.24) is 15.2 Å². The number of carbonyl (C=O) groups excluding carboxylic acids is 1. The van der Waals surface area contributed by atoms with Crippen LogP contribution in [0.3, 0.4) is 0 Å². The topological polar surface area (TPSA) is 67.9 Å². The van der Waals surface area contributed by atoms with Gasteiger partial charge in [-0.15, -0.1) is 0 Å². The molecule has 1 aliphatic carbocycles. The van der Waals surface area contributed by atoms with Crippen molar-refractivity contribution >= 4 is 32.9 Å². The summed E-state index contributed by atoms with van der Waals surface area (Å²) in [5.74, 6) is 0.0758. The van der Waals surface area contributed by atoms with Crippen molar-refractivity contribution in [3.05, 3.63) is 21.9 Å². The molecule has 0 saturated heterocycles. The van der Waals surface area contributed by atoms with Crippen LogP contribution in [0, 0.1) is 0 Å². The third kappa shape index (κ3) is 2.69. The number of nitrogens with zero attached hydrogens (tertiary/aromatic N) is 2. The number of ether oxygens (including phenoxy) is 1. The Labute approximate surface area is 131 Å². The lowest BCUT2D eigenvalue weighted by Gasteiger charge is -2.24. The molecule has 0 aromatic carbocycles. The largest absolute Gasteiger partial charge is 0.462 e. The van der Waals surface area contributed by atoms with Crippen molar-refractivity contribution in [3.8, 4) is 0 Å². The van der Waals surface area contributed by atoms with E-state index in [9.17, 15) is 4.79 Å². The maximum Gasteiger partial charge on any atom is 0.339 e. The number of esters is 1. The average Bonchev–Trinajstić information content (AvgIpc) is 2.94. The summed E-state index contributed by atoms with van der Waals surface area (Å²) in [6.07, 6.45) is 7.51. The Bertz CT molecular complexity index is 662. The zero-order chi connectivity index (χ0) is 14.8. The molecule has 2 aromatic heterocycles. The highest BCUT2D eigenvalue weighted by Gasteiger charge is 2.28. The number of hydrogen-bond donors (Lipinski definition) is 1. The fraction of sp³-hybridized carbons (Fsp3) is 0.533. The summed E-state index contributed by atoms with van der Waals surface area (Å²) in [4.78, 5) is 17.0. The van der Waals surface area contributed by atoms with Crippen LogP contribution >= 0.6 is 15.9 Å². The third-order valence-corrected chi connectivity index (χ3v) is 4.69. The molecule has 1 aliphatic rings. The molecular formula is C15H18BrN3O2. The third-order valence-electron chi connectivity index (χ3n) is 4.08. The van der Waals surface area contributed by atoms with Gasteiger partial charge in [0.15, 0.2) is 5.65 Å². The molecule has 0 unspecified atom stereocenters. The van der Waals surface area contributed by atoms with Gasteiger partial charge in [-0.05, 0) is 41.6 Å². The van der Waals surface area contributed by atoms with Crippen LogP contribution in [0.2, 0.25) is 0 Å². The maximum absolute atomic E-state index is 12.5. The number of rotatable bonds is 3. The van der Waals surface area contributed by atoms with Crippen LogP contribution in [-0.4, -0.2) is 27.8 Å². The molecule has 112 valence electrons. The lowest BCUT2D eigenvalue weighted by atomic mass is 9.82. The van der Waals surface area contributed by atoms with Gasteiger partial charge in [-0.25, -0.2) is 9.78 Å². The highest BCUT2D eigenvalue weighted by Crippen LogP contribution is 2.40. The first-order valence-electron chi connectivity index (χ1n) is 7.42. The van der Waals surface area contributed by atoms with Gasteiger partial charge in [-0.2, -0.15) is 5.10 Å². The number of aromatic amines is 1. The normalized spacial score (nSPS) is 16.3. The summed E-state index contributed by atoms with van der Waals surface area (Å²) in [5, 5.41) is 7.59. The fourth-order valence-corrected chi connectivity index (χ4v) is 3.84. The van der Waals surface area contributed by atoms with E-state index in [4.69, 9.17) is 4.74 Å². The van der Waals surface area contributed by atoms with Crippen LogP contribution in [0.4, 0.5) is 0 Å². The van der Waals surface area contributed by atoms with Crippen molar-refractivity contribution in [2.45, 2.75) is 44.9 Å². The van der Waals surface area contributed by atoms with E-state index in [2.05, 4.69) is 31.1 Å². The van der Waals surface area contributed by atoms with E-state index in [1.165, 1.54) is 19.3 Å². The molecule has 3 rings (SSSR count). The summed E-state index contributed by atoms with van der Waals surface area (Å²) < 4.78 is 5.99. The molecule has 5 nitrogen and oxygen atoms in total. The molecule has 1 saturated carbocycles. The highest BCUT2D eigenvalue weighted by molar-refractivity contribution is 9.10. The average molecular weight is 352 g/mol. The summed E-state index contributed by atoms with van der Waals surface area (Å²) in [6, 6.07) is 0. The zero-order valence-corrected chi connectivity index (χ0v) is 13.6. The van der Waals surface area contributed by atoms with Gasteiger partial charge in [0.05, 0.1) is 23.8 Å². The number of aromatic nitrogens is 3. The van der Waals surface area contributed by atoms with E-state index in [1.54, 1.807) is 6.20 Å². The van der Waals surface area contributed by atoms with Gasteiger partial charge in [-0.3, -0.25) is 5.10 Å². The molecule has 0 spiro atoms. The van der Waals surface area contributed by atoms with Gasteiger partial charge in [0, 0.05) is 5.56 Å². The minimum Gasteiger partial charge on any atom is -0.462 e. The van der Waals surface area contributed by atoms with Gasteiger partial charge < -0.3 is 4.74 Å². The number of pyridine rings is 1. The Morgan fingerprint density at radius 2 is 2.19 bits per heavy atom. The van der Waals surface area contributed by atoms with Crippen molar-refractivity contribution in [3.63, 3.8) is 0 Å². The number of H-pyrrole nitrogens is 1. The Kier molecular flexibility index (Phi) is 4.24. The molecule has 21 heavy (non-hydrogen) atoms.